The summed E-state index contributed by atoms with van der Waals surface area (Å²) >= 11 is 0. The molecule has 1 atom stereocenters. The number of hydrogen-bond donors (Lipinski definition) is 1. The number of hydrogen-bond acceptors (Lipinski definition) is 2. The molecule has 0 aromatic heterocycles. The van der Waals surface area contributed by atoms with Crippen LogP contribution in [0.25, 0.3) is 0 Å². The third-order valence-electron chi connectivity index (χ3n) is 3.15. The zero-order chi connectivity index (χ0) is 11.4. The van der Waals surface area contributed by atoms with Crippen molar-refractivity contribution in [2.24, 2.45) is 0 Å². The fourth-order valence-electron chi connectivity index (χ4n) is 2.29. The van der Waals surface area contributed by atoms with Crippen LogP contribution in [0.3, 0.4) is 0 Å². The van der Waals surface area contributed by atoms with Crippen LogP contribution in [0, 0.1) is 6.42 Å². The molecule has 0 fully saturated rings. The number of benzene rings is 1. The molecule has 1 aliphatic rings. The van der Waals surface area contributed by atoms with Gasteiger partial charge in [0.2, 0.25) is 0 Å². The van der Waals surface area contributed by atoms with Crippen LogP contribution in [0.15, 0.2) is 18.2 Å². The number of fused-ring (bicyclic) bond motifs is 1. The van der Waals surface area contributed by atoms with Gasteiger partial charge in [-0.1, -0.05) is 19.1 Å². The number of nitrogens with one attached hydrogen (secondary N) is 1. The first-order chi connectivity index (χ1) is 7.85. The second kappa shape index (κ2) is 5.35. The average Bonchev–Trinajstić information content (AvgIpc) is 2.35. The standard InChI is InChI=1S/C14H20NO/c1-3-9-15-12-7-8-13-11(10-12)5-4-6-14(13)16-2/h4-7,12,15H,3,8-10H2,1-2H3. The van der Waals surface area contributed by atoms with E-state index in [4.69, 9.17) is 4.74 Å². The molecule has 1 N–H and O–H groups in total. The van der Waals surface area contributed by atoms with E-state index in [1.165, 1.54) is 17.5 Å². The second-order valence-corrected chi connectivity index (χ2v) is 4.30. The van der Waals surface area contributed by atoms with E-state index < -0.39 is 0 Å². The monoisotopic (exact) mass is 218 g/mol. The molecular weight excluding hydrogens is 198 g/mol. The highest BCUT2D eigenvalue weighted by Gasteiger charge is 2.20. The van der Waals surface area contributed by atoms with Gasteiger partial charge in [-0.3, -0.25) is 0 Å². The maximum absolute atomic E-state index is 5.39. The lowest BCUT2D eigenvalue weighted by molar-refractivity contribution is 0.406. The third-order valence-corrected chi connectivity index (χ3v) is 3.15. The van der Waals surface area contributed by atoms with Gasteiger partial charge < -0.3 is 10.1 Å². The van der Waals surface area contributed by atoms with Gasteiger partial charge in [0, 0.05) is 6.04 Å². The third kappa shape index (κ3) is 2.38. The van der Waals surface area contributed by atoms with Gasteiger partial charge in [-0.2, -0.15) is 0 Å². The normalized spacial score (nSPS) is 19.2. The molecule has 2 heteroatoms. The van der Waals surface area contributed by atoms with Crippen molar-refractivity contribution in [3.8, 4) is 5.75 Å². The highest BCUT2D eigenvalue weighted by atomic mass is 16.5. The zero-order valence-corrected chi connectivity index (χ0v) is 10.1. The highest BCUT2D eigenvalue weighted by Crippen LogP contribution is 2.28. The van der Waals surface area contributed by atoms with E-state index in [1.807, 2.05) is 6.07 Å². The van der Waals surface area contributed by atoms with Crippen LogP contribution in [0.5, 0.6) is 5.75 Å². The van der Waals surface area contributed by atoms with Crippen molar-refractivity contribution in [1.29, 1.82) is 0 Å². The minimum absolute atomic E-state index is 0.527. The Morgan fingerprint density at radius 1 is 1.44 bits per heavy atom. The Hall–Kier alpha value is -1.02. The Balaban J connectivity index is 2.09. The smallest absolute Gasteiger partial charge is 0.122 e. The molecule has 1 radical (unpaired) electrons. The molecule has 0 aliphatic heterocycles. The predicted octanol–water partition coefficient (Wildman–Crippen LogP) is 2.37. The molecule has 0 heterocycles. The topological polar surface area (TPSA) is 21.3 Å². The fourth-order valence-corrected chi connectivity index (χ4v) is 2.29. The predicted molar refractivity (Wildman–Crippen MR) is 66.8 cm³/mol. The van der Waals surface area contributed by atoms with E-state index in [0.29, 0.717) is 6.04 Å². The molecule has 0 saturated heterocycles. The summed E-state index contributed by atoms with van der Waals surface area (Å²) in [7, 11) is 1.75. The molecule has 1 aliphatic carbocycles. The maximum atomic E-state index is 5.39. The maximum Gasteiger partial charge on any atom is 0.122 e. The lowest BCUT2D eigenvalue weighted by atomic mass is 9.87. The Morgan fingerprint density at radius 3 is 3.06 bits per heavy atom. The van der Waals surface area contributed by atoms with E-state index >= 15 is 0 Å². The van der Waals surface area contributed by atoms with E-state index in [0.717, 1.165) is 25.1 Å². The van der Waals surface area contributed by atoms with Crippen LogP contribution < -0.4 is 10.1 Å². The zero-order valence-electron chi connectivity index (χ0n) is 10.1. The summed E-state index contributed by atoms with van der Waals surface area (Å²) in [6.45, 7) is 3.30. The summed E-state index contributed by atoms with van der Waals surface area (Å²) in [5, 5.41) is 3.55. The molecule has 0 saturated carbocycles. The number of rotatable bonds is 4. The van der Waals surface area contributed by atoms with Crippen LogP contribution in [0.2, 0.25) is 0 Å². The van der Waals surface area contributed by atoms with Crippen LogP contribution in [0.1, 0.15) is 24.5 Å². The van der Waals surface area contributed by atoms with E-state index in [2.05, 4.69) is 30.8 Å². The molecule has 0 amide bonds. The quantitative estimate of drug-likeness (QED) is 0.837. The van der Waals surface area contributed by atoms with Crippen LogP contribution in [-0.4, -0.2) is 19.7 Å². The van der Waals surface area contributed by atoms with Crippen LogP contribution in [0.4, 0.5) is 0 Å². The Bertz CT molecular complexity index is 349. The van der Waals surface area contributed by atoms with Crippen molar-refractivity contribution in [1.82, 2.24) is 5.32 Å². The summed E-state index contributed by atoms with van der Waals surface area (Å²) < 4.78 is 5.39. The molecule has 1 aromatic carbocycles. The molecule has 87 valence electrons. The van der Waals surface area contributed by atoms with Gasteiger partial charge in [-0.25, -0.2) is 0 Å². The van der Waals surface area contributed by atoms with Crippen molar-refractivity contribution in [2.75, 3.05) is 13.7 Å². The minimum Gasteiger partial charge on any atom is -0.496 e. The molecule has 0 bridgehead atoms. The van der Waals surface area contributed by atoms with Crippen LogP contribution in [-0.2, 0) is 12.8 Å². The van der Waals surface area contributed by atoms with Gasteiger partial charge in [0.05, 0.1) is 7.11 Å². The minimum atomic E-state index is 0.527. The molecule has 1 unspecified atom stereocenters. The Morgan fingerprint density at radius 2 is 2.31 bits per heavy atom. The van der Waals surface area contributed by atoms with Crippen molar-refractivity contribution < 1.29 is 4.74 Å². The summed E-state index contributed by atoms with van der Waals surface area (Å²) in [5.74, 6) is 1.03. The second-order valence-electron chi connectivity index (χ2n) is 4.30. The molecular formula is C14H20NO. The molecule has 1 aromatic rings. The van der Waals surface area contributed by atoms with Gasteiger partial charge in [-0.15, -0.1) is 0 Å². The average molecular weight is 218 g/mol. The first kappa shape index (κ1) is 11.5. The van der Waals surface area contributed by atoms with E-state index in [1.54, 1.807) is 7.11 Å². The molecule has 16 heavy (non-hydrogen) atoms. The largest absolute Gasteiger partial charge is 0.496 e. The molecule has 2 rings (SSSR count). The fraction of sp³-hybridized carbons (Fsp3) is 0.500. The number of methoxy groups -OCH3 is 1. The van der Waals surface area contributed by atoms with Crippen LogP contribution >= 0.6 is 0 Å². The van der Waals surface area contributed by atoms with Crippen molar-refractivity contribution in [3.05, 3.63) is 35.7 Å². The summed E-state index contributed by atoms with van der Waals surface area (Å²) in [5.41, 5.74) is 2.79. The highest BCUT2D eigenvalue weighted by molar-refractivity contribution is 5.43. The van der Waals surface area contributed by atoms with E-state index in [-0.39, 0.29) is 0 Å². The summed E-state index contributed by atoms with van der Waals surface area (Å²) in [6, 6.07) is 6.87. The van der Waals surface area contributed by atoms with Gasteiger partial charge in [-0.05, 0) is 49.4 Å². The Labute approximate surface area is 98.0 Å². The van der Waals surface area contributed by atoms with Gasteiger partial charge in [0.1, 0.15) is 5.75 Å². The van der Waals surface area contributed by atoms with Gasteiger partial charge in [0.25, 0.3) is 0 Å². The van der Waals surface area contributed by atoms with Crippen molar-refractivity contribution in [2.45, 2.75) is 32.2 Å². The van der Waals surface area contributed by atoms with Gasteiger partial charge >= 0.3 is 0 Å². The first-order valence-corrected chi connectivity index (χ1v) is 6.06. The summed E-state index contributed by atoms with van der Waals surface area (Å²) in [4.78, 5) is 0. The van der Waals surface area contributed by atoms with Crippen molar-refractivity contribution in [3.63, 3.8) is 0 Å². The summed E-state index contributed by atoms with van der Waals surface area (Å²) in [6.07, 6.45) is 5.66. The SMILES string of the molecule is CCCNC1[CH]Cc2c(cccc2OC)C1. The van der Waals surface area contributed by atoms with Crippen molar-refractivity contribution >= 4 is 0 Å². The Kier molecular flexibility index (Phi) is 3.83. The van der Waals surface area contributed by atoms with E-state index in [9.17, 15) is 0 Å². The number of ether oxygens (including phenoxy) is 1. The lowest BCUT2D eigenvalue weighted by Gasteiger charge is -2.26. The van der Waals surface area contributed by atoms with Gasteiger partial charge in [0.15, 0.2) is 0 Å². The molecule has 0 spiro atoms. The molecule has 2 nitrogen and oxygen atoms in total. The first-order valence-electron chi connectivity index (χ1n) is 6.06. The lowest BCUT2D eigenvalue weighted by Crippen LogP contribution is -2.35.